The molecule has 1 fully saturated rings. The van der Waals surface area contributed by atoms with Crippen molar-refractivity contribution in [2.45, 2.75) is 50.3 Å². The number of carbonyl (C=O) groups is 1. The second-order valence-corrected chi connectivity index (χ2v) is 9.32. The second-order valence-electron chi connectivity index (χ2n) is 7.59. The third kappa shape index (κ3) is 4.45. The van der Waals surface area contributed by atoms with Crippen molar-refractivity contribution in [2.24, 2.45) is 5.92 Å². The first-order valence-electron chi connectivity index (χ1n) is 9.48. The number of fused-ring (bicyclic) bond motifs is 1. The van der Waals surface area contributed by atoms with Gasteiger partial charge in [-0.2, -0.15) is 0 Å². The van der Waals surface area contributed by atoms with E-state index in [1.165, 1.54) is 25.3 Å². The van der Waals surface area contributed by atoms with Crippen molar-refractivity contribution in [1.29, 1.82) is 0 Å². The standard InChI is InChI=1S/C19H28N2O4S/c1-14(13-21-8-3-2-4-9-21)12-20-26(24,25)18-11-16(19(22)23)10-15-6-5-7-17(15)18/h10-11,14,20H,2-9,12-13H2,1H3,(H,22,23). The van der Waals surface area contributed by atoms with Crippen LogP contribution >= 0.6 is 0 Å². The highest BCUT2D eigenvalue weighted by Gasteiger charge is 2.26. The summed E-state index contributed by atoms with van der Waals surface area (Å²) in [5.41, 5.74) is 1.69. The highest BCUT2D eigenvalue weighted by Crippen LogP contribution is 2.30. The van der Waals surface area contributed by atoms with Crippen LogP contribution < -0.4 is 4.72 Å². The third-order valence-electron chi connectivity index (χ3n) is 5.35. The number of sulfonamides is 1. The summed E-state index contributed by atoms with van der Waals surface area (Å²) in [6.07, 6.45) is 6.01. The molecule has 3 rings (SSSR count). The van der Waals surface area contributed by atoms with Gasteiger partial charge in [0.15, 0.2) is 0 Å². The quantitative estimate of drug-likeness (QED) is 0.758. The van der Waals surface area contributed by atoms with Crippen LogP contribution in [0.15, 0.2) is 17.0 Å². The Bertz CT molecular complexity index is 770. The highest BCUT2D eigenvalue weighted by atomic mass is 32.2. The van der Waals surface area contributed by atoms with E-state index in [0.717, 1.165) is 43.6 Å². The van der Waals surface area contributed by atoms with Crippen LogP contribution in [0.1, 0.15) is 54.1 Å². The molecule has 1 unspecified atom stereocenters. The zero-order chi connectivity index (χ0) is 18.7. The number of rotatable bonds is 7. The minimum atomic E-state index is -3.71. The fraction of sp³-hybridized carbons (Fsp3) is 0.632. The molecule has 0 spiro atoms. The lowest BCUT2D eigenvalue weighted by molar-refractivity contribution is 0.0696. The van der Waals surface area contributed by atoms with Crippen molar-refractivity contribution in [1.82, 2.24) is 9.62 Å². The predicted molar refractivity (Wildman–Crippen MR) is 100 cm³/mol. The van der Waals surface area contributed by atoms with Gasteiger partial charge >= 0.3 is 5.97 Å². The molecule has 1 aromatic rings. The van der Waals surface area contributed by atoms with E-state index in [1.807, 2.05) is 0 Å². The number of likely N-dealkylation sites (tertiary alicyclic amines) is 1. The first kappa shape index (κ1) is 19.3. The van der Waals surface area contributed by atoms with Gasteiger partial charge < -0.3 is 10.0 Å². The van der Waals surface area contributed by atoms with E-state index in [0.29, 0.717) is 13.0 Å². The summed E-state index contributed by atoms with van der Waals surface area (Å²) >= 11 is 0. The molecule has 7 heteroatoms. The van der Waals surface area contributed by atoms with Gasteiger partial charge in [0.05, 0.1) is 10.5 Å². The highest BCUT2D eigenvalue weighted by molar-refractivity contribution is 7.89. The molecule has 0 amide bonds. The lowest BCUT2D eigenvalue weighted by atomic mass is 10.1. The van der Waals surface area contributed by atoms with Crippen molar-refractivity contribution in [3.63, 3.8) is 0 Å². The Balaban J connectivity index is 1.71. The van der Waals surface area contributed by atoms with Gasteiger partial charge in [0.2, 0.25) is 10.0 Å². The number of carboxylic acids is 1. The summed E-state index contributed by atoms with van der Waals surface area (Å²) in [6, 6.07) is 2.92. The molecule has 0 radical (unpaired) electrons. The molecule has 1 aromatic carbocycles. The molecule has 26 heavy (non-hydrogen) atoms. The van der Waals surface area contributed by atoms with Crippen LogP contribution in [0.4, 0.5) is 0 Å². The Morgan fingerprint density at radius 3 is 2.62 bits per heavy atom. The summed E-state index contributed by atoms with van der Waals surface area (Å²) in [4.78, 5) is 13.9. The fourth-order valence-electron chi connectivity index (χ4n) is 4.01. The van der Waals surface area contributed by atoms with Crippen LogP contribution in [0.25, 0.3) is 0 Å². The van der Waals surface area contributed by atoms with Gasteiger partial charge in [0, 0.05) is 13.1 Å². The van der Waals surface area contributed by atoms with Crippen LogP contribution in [-0.2, 0) is 22.9 Å². The van der Waals surface area contributed by atoms with Gasteiger partial charge in [-0.15, -0.1) is 0 Å². The Morgan fingerprint density at radius 2 is 1.92 bits per heavy atom. The summed E-state index contributed by atoms with van der Waals surface area (Å²) in [6.45, 7) is 5.48. The summed E-state index contributed by atoms with van der Waals surface area (Å²) in [5, 5.41) is 9.29. The Kier molecular flexibility index (Phi) is 5.99. The van der Waals surface area contributed by atoms with Gasteiger partial charge in [0.25, 0.3) is 0 Å². The monoisotopic (exact) mass is 380 g/mol. The molecular formula is C19H28N2O4S. The Morgan fingerprint density at radius 1 is 1.19 bits per heavy atom. The third-order valence-corrected chi connectivity index (χ3v) is 6.84. The largest absolute Gasteiger partial charge is 0.478 e. The Hall–Kier alpha value is -1.44. The van der Waals surface area contributed by atoms with Gasteiger partial charge in [0.1, 0.15) is 0 Å². The van der Waals surface area contributed by atoms with Crippen LogP contribution in [0, 0.1) is 5.92 Å². The summed E-state index contributed by atoms with van der Waals surface area (Å²) in [7, 11) is -3.71. The lowest BCUT2D eigenvalue weighted by Crippen LogP contribution is -2.38. The summed E-state index contributed by atoms with van der Waals surface area (Å²) < 4.78 is 28.4. The molecule has 0 bridgehead atoms. The number of nitrogens with zero attached hydrogens (tertiary/aromatic N) is 1. The van der Waals surface area contributed by atoms with Crippen molar-refractivity contribution in [3.05, 3.63) is 28.8 Å². The van der Waals surface area contributed by atoms with Crippen molar-refractivity contribution < 1.29 is 18.3 Å². The predicted octanol–water partition coefficient (Wildman–Crippen LogP) is 2.27. The average Bonchev–Trinajstić information content (AvgIpc) is 3.08. The molecule has 1 atom stereocenters. The van der Waals surface area contributed by atoms with Gasteiger partial charge in [-0.3, -0.25) is 0 Å². The molecule has 2 N–H and O–H groups in total. The maximum absolute atomic E-state index is 12.8. The van der Waals surface area contributed by atoms with E-state index in [4.69, 9.17) is 0 Å². The first-order chi connectivity index (χ1) is 12.4. The van der Waals surface area contributed by atoms with E-state index < -0.39 is 16.0 Å². The molecule has 6 nitrogen and oxygen atoms in total. The topological polar surface area (TPSA) is 86.7 Å². The SMILES string of the molecule is CC(CNS(=O)(=O)c1cc(C(=O)O)cc2c1CCC2)CN1CCCCC1. The normalized spacial score (nSPS) is 19.3. The number of benzene rings is 1. The minimum Gasteiger partial charge on any atom is -0.478 e. The molecule has 144 valence electrons. The zero-order valence-corrected chi connectivity index (χ0v) is 16.1. The second kappa shape index (κ2) is 8.06. The number of hydrogen-bond acceptors (Lipinski definition) is 4. The molecule has 1 heterocycles. The van der Waals surface area contributed by atoms with Crippen LogP contribution in [-0.4, -0.2) is 50.6 Å². The number of nitrogens with one attached hydrogen (secondary N) is 1. The van der Waals surface area contributed by atoms with E-state index in [1.54, 1.807) is 6.07 Å². The fourth-order valence-corrected chi connectivity index (χ4v) is 5.50. The van der Waals surface area contributed by atoms with Gasteiger partial charge in [-0.05, 0) is 74.4 Å². The number of aromatic carboxylic acids is 1. The Labute approximate surface area is 155 Å². The maximum Gasteiger partial charge on any atom is 0.335 e. The minimum absolute atomic E-state index is 0.0485. The van der Waals surface area contributed by atoms with Gasteiger partial charge in [-0.1, -0.05) is 13.3 Å². The molecule has 0 saturated carbocycles. The first-order valence-corrected chi connectivity index (χ1v) is 11.0. The van der Waals surface area contributed by atoms with E-state index in [-0.39, 0.29) is 16.4 Å². The van der Waals surface area contributed by atoms with E-state index >= 15 is 0 Å². The number of hydrogen-bond donors (Lipinski definition) is 2. The van der Waals surface area contributed by atoms with E-state index in [2.05, 4.69) is 16.5 Å². The van der Waals surface area contributed by atoms with Crippen molar-refractivity contribution >= 4 is 16.0 Å². The van der Waals surface area contributed by atoms with Crippen molar-refractivity contribution in [2.75, 3.05) is 26.2 Å². The van der Waals surface area contributed by atoms with Crippen molar-refractivity contribution in [3.8, 4) is 0 Å². The van der Waals surface area contributed by atoms with Gasteiger partial charge in [-0.25, -0.2) is 17.9 Å². The molecular weight excluding hydrogens is 352 g/mol. The molecule has 1 aliphatic heterocycles. The number of aryl methyl sites for hydroxylation is 1. The maximum atomic E-state index is 12.8. The van der Waals surface area contributed by atoms with Crippen LogP contribution in [0.2, 0.25) is 0 Å². The molecule has 1 aliphatic carbocycles. The summed E-state index contributed by atoms with van der Waals surface area (Å²) in [5.74, 6) is -0.881. The average molecular weight is 381 g/mol. The number of piperidine rings is 1. The van der Waals surface area contributed by atoms with E-state index in [9.17, 15) is 18.3 Å². The molecule has 0 aromatic heterocycles. The smallest absolute Gasteiger partial charge is 0.335 e. The molecule has 2 aliphatic rings. The zero-order valence-electron chi connectivity index (χ0n) is 15.3. The van der Waals surface area contributed by atoms with Crippen LogP contribution in [0.5, 0.6) is 0 Å². The number of carboxylic acid groups (broad SMARTS) is 1. The van der Waals surface area contributed by atoms with Crippen LogP contribution in [0.3, 0.4) is 0 Å². The lowest BCUT2D eigenvalue weighted by Gasteiger charge is -2.29. The molecule has 1 saturated heterocycles.